The van der Waals surface area contributed by atoms with Gasteiger partial charge in [-0.2, -0.15) is 8.42 Å². The minimum absolute atomic E-state index is 0.285. The molecule has 0 unspecified atom stereocenters. The first-order valence-corrected chi connectivity index (χ1v) is 5.55. The van der Waals surface area contributed by atoms with E-state index in [1.807, 2.05) is 5.25 Å². The Morgan fingerprint density at radius 2 is 1.92 bits per heavy atom. The molecule has 0 spiro atoms. The van der Waals surface area contributed by atoms with Gasteiger partial charge in [0.15, 0.2) is 6.04 Å². The zero-order valence-electron chi connectivity index (χ0n) is 8.24. The van der Waals surface area contributed by atoms with E-state index in [1.165, 1.54) is 0 Å². The summed E-state index contributed by atoms with van der Waals surface area (Å²) in [5, 5.41) is 1.82. The maximum atomic E-state index is 10.3. The standard InChI is InChI=1S/C8H15NO3S/c1-4-5-6-9(2,3)7-8-13(10,11)12/h4-6H2,1-3H3/p+1. The lowest BCUT2D eigenvalue weighted by molar-refractivity contribution is -0.822. The Hall–Kier alpha value is -0.570. The van der Waals surface area contributed by atoms with Crippen molar-refractivity contribution in [2.24, 2.45) is 0 Å². The summed E-state index contributed by atoms with van der Waals surface area (Å²) in [6.07, 6.45) is 2.02. The highest BCUT2D eigenvalue weighted by Crippen LogP contribution is 1.99. The van der Waals surface area contributed by atoms with Crippen molar-refractivity contribution in [2.75, 3.05) is 20.6 Å². The topological polar surface area (TPSA) is 54.4 Å². The Morgan fingerprint density at radius 3 is 2.31 bits per heavy atom. The average Bonchev–Trinajstić information content (AvgIpc) is 1.97. The molecule has 0 radical (unpaired) electrons. The molecule has 0 aromatic heterocycles. The Morgan fingerprint density at radius 1 is 1.38 bits per heavy atom. The largest absolute Gasteiger partial charge is 0.340 e. The Kier molecular flexibility index (Phi) is 4.40. The van der Waals surface area contributed by atoms with Crippen LogP contribution >= 0.6 is 0 Å². The molecular weight excluding hydrogens is 190 g/mol. The summed E-state index contributed by atoms with van der Waals surface area (Å²) in [5.74, 6) is 0. The molecule has 0 bridgehead atoms. The molecule has 5 heteroatoms. The van der Waals surface area contributed by atoms with Crippen LogP contribution in [0.5, 0.6) is 0 Å². The van der Waals surface area contributed by atoms with Crippen molar-refractivity contribution < 1.29 is 17.5 Å². The molecule has 13 heavy (non-hydrogen) atoms. The van der Waals surface area contributed by atoms with Crippen molar-refractivity contribution in [1.82, 2.24) is 0 Å². The van der Waals surface area contributed by atoms with Crippen LogP contribution in [0.4, 0.5) is 0 Å². The van der Waals surface area contributed by atoms with Crippen LogP contribution in [0, 0.1) is 11.3 Å². The van der Waals surface area contributed by atoms with E-state index < -0.39 is 10.1 Å². The van der Waals surface area contributed by atoms with Crippen LogP contribution in [0.15, 0.2) is 0 Å². The fraction of sp³-hybridized carbons (Fsp3) is 0.750. The summed E-state index contributed by atoms with van der Waals surface area (Å²) in [6, 6.07) is 2.48. The summed E-state index contributed by atoms with van der Waals surface area (Å²) < 4.78 is 29.3. The zero-order chi connectivity index (χ0) is 10.5. The van der Waals surface area contributed by atoms with Crippen LogP contribution in [0.1, 0.15) is 19.8 Å². The smallest absolute Gasteiger partial charge is 0.276 e. The number of nitrogens with zero attached hydrogens (tertiary/aromatic N) is 1. The monoisotopic (exact) mass is 206 g/mol. The van der Waals surface area contributed by atoms with Gasteiger partial charge in [0, 0.05) is 0 Å². The molecule has 0 saturated carbocycles. The summed E-state index contributed by atoms with van der Waals surface area (Å²) in [5.41, 5.74) is 0. The highest BCUT2D eigenvalue weighted by atomic mass is 32.2. The van der Waals surface area contributed by atoms with E-state index in [4.69, 9.17) is 4.55 Å². The number of hydrogen-bond donors (Lipinski definition) is 1. The SMILES string of the molecule is CCCC[N+](C)(C)C#CS(=O)(=O)O. The highest BCUT2D eigenvalue weighted by Gasteiger charge is 2.11. The number of quaternary nitrogens is 1. The minimum Gasteiger partial charge on any atom is -0.276 e. The zero-order valence-corrected chi connectivity index (χ0v) is 9.06. The maximum Gasteiger partial charge on any atom is 0.340 e. The second kappa shape index (κ2) is 4.61. The lowest BCUT2D eigenvalue weighted by Crippen LogP contribution is -2.35. The summed E-state index contributed by atoms with van der Waals surface area (Å²) in [6.45, 7) is 2.83. The van der Waals surface area contributed by atoms with Crippen molar-refractivity contribution in [3.05, 3.63) is 0 Å². The van der Waals surface area contributed by atoms with E-state index in [2.05, 4.69) is 13.0 Å². The maximum absolute atomic E-state index is 10.3. The van der Waals surface area contributed by atoms with Crippen molar-refractivity contribution in [1.29, 1.82) is 0 Å². The second-order valence-corrected chi connectivity index (χ2v) is 4.61. The highest BCUT2D eigenvalue weighted by molar-refractivity contribution is 7.90. The van der Waals surface area contributed by atoms with E-state index in [1.54, 1.807) is 14.1 Å². The fourth-order valence-corrected chi connectivity index (χ4v) is 1.15. The van der Waals surface area contributed by atoms with Gasteiger partial charge in [-0.15, -0.1) is 0 Å². The summed E-state index contributed by atoms with van der Waals surface area (Å²) >= 11 is 0. The van der Waals surface area contributed by atoms with Crippen molar-refractivity contribution in [3.63, 3.8) is 0 Å². The lowest BCUT2D eigenvalue weighted by Gasteiger charge is -2.19. The fourth-order valence-electron chi connectivity index (χ4n) is 0.791. The van der Waals surface area contributed by atoms with Gasteiger partial charge < -0.3 is 0 Å². The minimum atomic E-state index is -4.16. The van der Waals surface area contributed by atoms with Gasteiger partial charge in [-0.05, 0) is 6.42 Å². The molecule has 4 nitrogen and oxygen atoms in total. The molecule has 0 heterocycles. The quantitative estimate of drug-likeness (QED) is 0.419. The molecule has 0 saturated heterocycles. The Bertz CT molecular complexity index is 308. The predicted octanol–water partition coefficient (Wildman–Crippen LogP) is 0.669. The van der Waals surface area contributed by atoms with Crippen LogP contribution < -0.4 is 0 Å². The van der Waals surface area contributed by atoms with E-state index in [-0.39, 0.29) is 4.48 Å². The third-order valence-corrected chi connectivity index (χ3v) is 1.90. The molecule has 0 aliphatic carbocycles. The van der Waals surface area contributed by atoms with Gasteiger partial charge >= 0.3 is 10.1 Å². The van der Waals surface area contributed by atoms with Crippen molar-refractivity contribution in [3.8, 4) is 11.3 Å². The molecule has 76 valence electrons. The number of rotatable bonds is 3. The Labute approximate surface area is 79.9 Å². The molecule has 1 N–H and O–H groups in total. The molecule has 0 aliphatic heterocycles. The predicted molar refractivity (Wildman–Crippen MR) is 51.2 cm³/mol. The van der Waals surface area contributed by atoms with Crippen LogP contribution in [0.25, 0.3) is 0 Å². The molecule has 0 aromatic carbocycles. The van der Waals surface area contributed by atoms with Crippen LogP contribution in [0.3, 0.4) is 0 Å². The van der Waals surface area contributed by atoms with Gasteiger partial charge in [-0.25, -0.2) is 0 Å². The first-order chi connectivity index (χ1) is 5.77. The van der Waals surface area contributed by atoms with Crippen molar-refractivity contribution >= 4 is 10.1 Å². The third-order valence-electron chi connectivity index (χ3n) is 1.55. The van der Waals surface area contributed by atoms with Gasteiger partial charge in [-0.3, -0.25) is 9.04 Å². The molecular formula is C8H16NO3S+. The molecule has 0 atom stereocenters. The van der Waals surface area contributed by atoms with Gasteiger partial charge in [0.2, 0.25) is 0 Å². The van der Waals surface area contributed by atoms with E-state index in [9.17, 15) is 8.42 Å². The van der Waals surface area contributed by atoms with Crippen LogP contribution in [-0.2, 0) is 10.1 Å². The van der Waals surface area contributed by atoms with E-state index >= 15 is 0 Å². The second-order valence-electron chi connectivity index (χ2n) is 3.45. The van der Waals surface area contributed by atoms with Gasteiger partial charge in [0.1, 0.15) is 5.25 Å². The normalized spacial score (nSPS) is 12.0. The van der Waals surface area contributed by atoms with Gasteiger partial charge in [0.05, 0.1) is 20.6 Å². The van der Waals surface area contributed by atoms with Gasteiger partial charge in [0.25, 0.3) is 0 Å². The van der Waals surface area contributed by atoms with E-state index in [0.717, 1.165) is 19.4 Å². The molecule has 0 aliphatic rings. The Balaban J connectivity index is 4.38. The molecule has 0 rings (SSSR count). The summed E-state index contributed by atoms with van der Waals surface area (Å²) in [4.78, 5) is 0. The van der Waals surface area contributed by atoms with Crippen LogP contribution in [0.2, 0.25) is 0 Å². The van der Waals surface area contributed by atoms with Gasteiger partial charge in [-0.1, -0.05) is 13.3 Å². The first kappa shape index (κ1) is 12.4. The average molecular weight is 206 g/mol. The lowest BCUT2D eigenvalue weighted by atomic mass is 10.3. The molecule has 0 aromatic rings. The number of unbranched alkanes of at least 4 members (excludes halogenated alkanes) is 1. The van der Waals surface area contributed by atoms with E-state index in [0.29, 0.717) is 0 Å². The number of hydrogen-bond acceptors (Lipinski definition) is 2. The molecule has 0 fully saturated rings. The molecule has 0 amide bonds. The first-order valence-electron chi connectivity index (χ1n) is 4.11. The van der Waals surface area contributed by atoms with Crippen LogP contribution in [-0.4, -0.2) is 38.1 Å². The third kappa shape index (κ3) is 7.78. The van der Waals surface area contributed by atoms with Crippen molar-refractivity contribution in [2.45, 2.75) is 19.8 Å². The summed E-state index contributed by atoms with van der Waals surface area (Å²) in [7, 11) is -0.560.